The van der Waals surface area contributed by atoms with Crippen molar-refractivity contribution in [3.05, 3.63) is 28.8 Å². The Morgan fingerprint density at radius 1 is 1.31 bits per heavy atom. The molecule has 1 unspecified atom stereocenters. The van der Waals surface area contributed by atoms with Gasteiger partial charge in [0.05, 0.1) is 18.8 Å². The normalized spacial score (nSPS) is 13.6. The monoisotopic (exact) mass is 243 g/mol. The fraction of sp³-hybridized carbons (Fsp3) is 0.500. The molecule has 4 heteroatoms. The Labute approximate surface area is 101 Å². The van der Waals surface area contributed by atoms with Crippen LogP contribution in [0.1, 0.15) is 25.5 Å². The summed E-state index contributed by atoms with van der Waals surface area (Å²) < 4.78 is 10.6. The van der Waals surface area contributed by atoms with Crippen LogP contribution >= 0.6 is 11.6 Å². The molecule has 2 N–H and O–H groups in total. The van der Waals surface area contributed by atoms with Gasteiger partial charge in [0.15, 0.2) is 0 Å². The molecule has 0 saturated heterocycles. The van der Waals surface area contributed by atoms with Crippen molar-refractivity contribution in [2.75, 3.05) is 14.2 Å². The first-order valence-electron chi connectivity index (χ1n) is 5.06. The van der Waals surface area contributed by atoms with Gasteiger partial charge >= 0.3 is 0 Å². The largest absolute Gasteiger partial charge is 0.496 e. The van der Waals surface area contributed by atoms with E-state index in [0.29, 0.717) is 5.02 Å². The highest BCUT2D eigenvalue weighted by atomic mass is 35.5. The van der Waals surface area contributed by atoms with E-state index in [1.807, 2.05) is 26.0 Å². The minimum Gasteiger partial charge on any atom is -0.496 e. The van der Waals surface area contributed by atoms with Crippen LogP contribution in [-0.2, 0) is 4.74 Å². The van der Waals surface area contributed by atoms with Crippen molar-refractivity contribution >= 4 is 11.6 Å². The van der Waals surface area contributed by atoms with Crippen molar-refractivity contribution in [2.24, 2.45) is 5.73 Å². The number of rotatable bonds is 4. The van der Waals surface area contributed by atoms with Crippen molar-refractivity contribution in [2.45, 2.75) is 25.5 Å². The molecule has 0 saturated carbocycles. The third-order valence-electron chi connectivity index (χ3n) is 2.80. The molecule has 90 valence electrons. The van der Waals surface area contributed by atoms with Gasteiger partial charge in [-0.15, -0.1) is 0 Å². The predicted octanol–water partition coefficient (Wildman–Crippen LogP) is 2.77. The summed E-state index contributed by atoms with van der Waals surface area (Å²) in [6.45, 7) is 3.86. The molecule has 0 aromatic heterocycles. The number of halogens is 1. The molecule has 1 atom stereocenters. The average molecular weight is 244 g/mol. The van der Waals surface area contributed by atoms with E-state index in [1.54, 1.807) is 20.3 Å². The maximum atomic E-state index is 6.16. The third kappa shape index (κ3) is 2.67. The van der Waals surface area contributed by atoms with Crippen molar-refractivity contribution in [3.63, 3.8) is 0 Å². The third-order valence-corrected chi connectivity index (χ3v) is 3.04. The molecule has 16 heavy (non-hydrogen) atoms. The van der Waals surface area contributed by atoms with Gasteiger partial charge in [-0.25, -0.2) is 0 Å². The molecule has 0 bridgehead atoms. The lowest BCUT2D eigenvalue weighted by atomic mass is 9.92. The van der Waals surface area contributed by atoms with Crippen LogP contribution in [0.15, 0.2) is 18.2 Å². The van der Waals surface area contributed by atoms with Crippen molar-refractivity contribution in [3.8, 4) is 5.75 Å². The highest BCUT2D eigenvalue weighted by molar-refractivity contribution is 6.30. The van der Waals surface area contributed by atoms with Gasteiger partial charge in [0.2, 0.25) is 0 Å². The van der Waals surface area contributed by atoms with Gasteiger partial charge in [0.25, 0.3) is 0 Å². The topological polar surface area (TPSA) is 44.5 Å². The first-order chi connectivity index (χ1) is 7.42. The summed E-state index contributed by atoms with van der Waals surface area (Å²) in [7, 11) is 3.25. The van der Waals surface area contributed by atoms with Crippen LogP contribution in [0.2, 0.25) is 5.02 Å². The number of benzene rings is 1. The minimum absolute atomic E-state index is 0.300. The Bertz CT molecular complexity index is 366. The first kappa shape index (κ1) is 13.3. The summed E-state index contributed by atoms with van der Waals surface area (Å²) in [5.41, 5.74) is 6.54. The van der Waals surface area contributed by atoms with Crippen LogP contribution in [0.5, 0.6) is 5.75 Å². The fourth-order valence-electron chi connectivity index (χ4n) is 1.45. The average Bonchev–Trinajstić information content (AvgIpc) is 2.28. The van der Waals surface area contributed by atoms with E-state index in [0.717, 1.165) is 11.3 Å². The molecule has 0 fully saturated rings. The summed E-state index contributed by atoms with van der Waals surface area (Å²) in [6, 6.07) is 5.09. The van der Waals surface area contributed by atoms with Gasteiger partial charge in [-0.3, -0.25) is 0 Å². The lowest BCUT2D eigenvalue weighted by molar-refractivity contribution is -0.000573. The minimum atomic E-state index is -0.474. The van der Waals surface area contributed by atoms with Crippen molar-refractivity contribution in [1.82, 2.24) is 0 Å². The van der Waals surface area contributed by atoms with Crippen LogP contribution in [0.4, 0.5) is 0 Å². The van der Waals surface area contributed by atoms with E-state index in [9.17, 15) is 0 Å². The quantitative estimate of drug-likeness (QED) is 0.885. The smallest absolute Gasteiger partial charge is 0.123 e. The zero-order valence-electron chi connectivity index (χ0n) is 10.1. The Hall–Kier alpha value is -0.770. The van der Waals surface area contributed by atoms with Gasteiger partial charge in [0.1, 0.15) is 5.75 Å². The van der Waals surface area contributed by atoms with Gasteiger partial charge in [-0.05, 0) is 32.0 Å². The molecule has 0 heterocycles. The number of methoxy groups -OCH3 is 2. The second-order valence-corrected chi connectivity index (χ2v) is 4.61. The molecular formula is C12H18ClNO2. The van der Waals surface area contributed by atoms with Crippen LogP contribution < -0.4 is 10.5 Å². The fourth-order valence-corrected chi connectivity index (χ4v) is 1.63. The SMILES string of the molecule is COc1ccc(Cl)cc1C(N)C(C)(C)OC. The summed E-state index contributed by atoms with van der Waals surface area (Å²) >= 11 is 5.96. The summed E-state index contributed by atoms with van der Waals surface area (Å²) in [4.78, 5) is 0. The van der Waals surface area contributed by atoms with E-state index in [-0.39, 0.29) is 6.04 Å². The molecular weight excluding hydrogens is 226 g/mol. The molecule has 0 radical (unpaired) electrons. The molecule has 0 spiro atoms. The van der Waals surface area contributed by atoms with Crippen LogP contribution in [-0.4, -0.2) is 19.8 Å². The van der Waals surface area contributed by atoms with Crippen LogP contribution in [0, 0.1) is 0 Å². The van der Waals surface area contributed by atoms with E-state index < -0.39 is 5.60 Å². The second kappa shape index (κ2) is 5.04. The zero-order chi connectivity index (χ0) is 12.3. The van der Waals surface area contributed by atoms with E-state index in [1.165, 1.54) is 0 Å². The predicted molar refractivity (Wildman–Crippen MR) is 66.0 cm³/mol. The molecule has 1 aromatic carbocycles. The van der Waals surface area contributed by atoms with Gasteiger partial charge in [-0.2, -0.15) is 0 Å². The Morgan fingerprint density at radius 2 is 1.94 bits per heavy atom. The maximum Gasteiger partial charge on any atom is 0.123 e. The Balaban J connectivity index is 3.16. The molecule has 3 nitrogen and oxygen atoms in total. The zero-order valence-corrected chi connectivity index (χ0v) is 10.8. The lowest BCUT2D eigenvalue weighted by Crippen LogP contribution is -2.37. The molecule has 0 aliphatic carbocycles. The maximum absolute atomic E-state index is 6.16. The van der Waals surface area contributed by atoms with E-state index >= 15 is 0 Å². The van der Waals surface area contributed by atoms with Crippen molar-refractivity contribution in [1.29, 1.82) is 0 Å². The van der Waals surface area contributed by atoms with Gasteiger partial charge in [-0.1, -0.05) is 11.6 Å². The van der Waals surface area contributed by atoms with Gasteiger partial charge in [0, 0.05) is 17.7 Å². The van der Waals surface area contributed by atoms with E-state index in [2.05, 4.69) is 0 Å². The standard InChI is InChI=1S/C12H18ClNO2/c1-12(2,16-4)11(14)9-7-8(13)5-6-10(9)15-3/h5-7,11H,14H2,1-4H3. The lowest BCUT2D eigenvalue weighted by Gasteiger charge is -2.31. The summed E-state index contributed by atoms with van der Waals surface area (Å²) in [5.74, 6) is 0.724. The molecule has 1 rings (SSSR count). The Morgan fingerprint density at radius 3 is 2.44 bits per heavy atom. The molecule has 0 aliphatic heterocycles. The molecule has 0 aliphatic rings. The van der Waals surface area contributed by atoms with Gasteiger partial charge < -0.3 is 15.2 Å². The van der Waals surface area contributed by atoms with Crippen LogP contribution in [0.25, 0.3) is 0 Å². The summed E-state index contributed by atoms with van der Waals surface area (Å²) in [5, 5.41) is 0.637. The highest BCUT2D eigenvalue weighted by Crippen LogP contribution is 2.33. The first-order valence-corrected chi connectivity index (χ1v) is 5.44. The van der Waals surface area contributed by atoms with E-state index in [4.69, 9.17) is 26.8 Å². The number of nitrogens with two attached hydrogens (primary N) is 1. The molecule has 1 aromatic rings. The highest BCUT2D eigenvalue weighted by Gasteiger charge is 2.29. The van der Waals surface area contributed by atoms with Crippen molar-refractivity contribution < 1.29 is 9.47 Å². The second-order valence-electron chi connectivity index (χ2n) is 4.17. The summed E-state index contributed by atoms with van der Waals surface area (Å²) in [6.07, 6.45) is 0. The number of hydrogen-bond acceptors (Lipinski definition) is 3. The molecule has 0 amide bonds. The Kier molecular flexibility index (Phi) is 4.19. The van der Waals surface area contributed by atoms with Crippen LogP contribution in [0.3, 0.4) is 0 Å². The number of hydrogen-bond donors (Lipinski definition) is 1. The number of ether oxygens (including phenoxy) is 2.